The van der Waals surface area contributed by atoms with Crippen molar-refractivity contribution in [3.05, 3.63) is 46.4 Å². The Kier molecular flexibility index (Phi) is 5.18. The summed E-state index contributed by atoms with van der Waals surface area (Å²) in [6, 6.07) is 8.07. The van der Waals surface area contributed by atoms with Gasteiger partial charge in [0.05, 0.1) is 0 Å². The summed E-state index contributed by atoms with van der Waals surface area (Å²) in [5, 5.41) is 0.462. The van der Waals surface area contributed by atoms with E-state index in [1.54, 1.807) is 0 Å². The molecule has 1 heterocycles. The normalized spacial score (nSPS) is 11.0. The molecule has 0 atom stereocenters. The molecular weight excluding hydrogens is 284 g/mol. The lowest BCUT2D eigenvalue weighted by Gasteiger charge is -2.12. The van der Waals surface area contributed by atoms with E-state index in [2.05, 4.69) is 36.8 Å². The van der Waals surface area contributed by atoms with Crippen LogP contribution in [0, 0.1) is 6.92 Å². The molecule has 0 aliphatic carbocycles. The highest BCUT2D eigenvalue weighted by atomic mass is 35.5. The smallest absolute Gasteiger partial charge is 0.226 e. The van der Waals surface area contributed by atoms with E-state index in [9.17, 15) is 0 Å². The van der Waals surface area contributed by atoms with Crippen LogP contribution < -0.4 is 4.74 Å². The predicted octanol–water partition coefficient (Wildman–Crippen LogP) is 5.31. The molecule has 0 N–H and O–H groups in total. The zero-order valence-electron chi connectivity index (χ0n) is 13.0. The minimum Gasteiger partial charge on any atom is -0.439 e. The third-order valence-electron chi connectivity index (χ3n) is 3.30. The number of hydrogen-bond acceptors (Lipinski definition) is 3. The monoisotopic (exact) mass is 304 g/mol. The van der Waals surface area contributed by atoms with Crippen LogP contribution in [-0.4, -0.2) is 9.97 Å². The topological polar surface area (TPSA) is 35.0 Å². The van der Waals surface area contributed by atoms with Crippen molar-refractivity contribution >= 4 is 11.6 Å². The molecule has 2 aromatic rings. The highest BCUT2D eigenvalue weighted by Gasteiger charge is 2.12. The van der Waals surface area contributed by atoms with Gasteiger partial charge in [0.15, 0.2) is 0 Å². The average molecular weight is 305 g/mol. The molecule has 0 saturated heterocycles. The van der Waals surface area contributed by atoms with Crippen LogP contribution in [0.25, 0.3) is 0 Å². The van der Waals surface area contributed by atoms with Crippen molar-refractivity contribution in [3.8, 4) is 11.6 Å². The summed E-state index contributed by atoms with van der Waals surface area (Å²) in [4.78, 5) is 8.76. The number of ether oxygens (including phenoxy) is 1. The first-order chi connectivity index (χ1) is 10.0. The first kappa shape index (κ1) is 15.8. The van der Waals surface area contributed by atoms with Crippen LogP contribution in [0.1, 0.15) is 50.1 Å². The van der Waals surface area contributed by atoms with Gasteiger partial charge in [-0.25, -0.2) is 4.98 Å². The van der Waals surface area contributed by atoms with E-state index in [1.807, 2.05) is 25.1 Å². The van der Waals surface area contributed by atoms with Gasteiger partial charge < -0.3 is 4.74 Å². The van der Waals surface area contributed by atoms with Crippen LogP contribution >= 0.6 is 11.6 Å². The van der Waals surface area contributed by atoms with E-state index in [4.69, 9.17) is 16.3 Å². The molecule has 1 aromatic heterocycles. The summed E-state index contributed by atoms with van der Waals surface area (Å²) in [5.41, 5.74) is 2.01. The Morgan fingerprint density at radius 2 is 2.00 bits per heavy atom. The molecule has 0 aliphatic heterocycles. The maximum absolute atomic E-state index is 6.17. The van der Waals surface area contributed by atoms with Gasteiger partial charge in [-0.05, 0) is 37.0 Å². The molecule has 0 unspecified atom stereocenters. The van der Waals surface area contributed by atoms with E-state index in [0.29, 0.717) is 17.0 Å². The molecule has 0 amide bonds. The molecule has 4 heteroatoms. The summed E-state index contributed by atoms with van der Waals surface area (Å²) >= 11 is 6.17. The first-order valence-electron chi connectivity index (χ1n) is 7.32. The number of nitrogens with zero attached hydrogens (tertiary/aromatic N) is 2. The molecule has 0 bridgehead atoms. The van der Waals surface area contributed by atoms with E-state index < -0.39 is 0 Å². The van der Waals surface area contributed by atoms with E-state index >= 15 is 0 Å². The minimum atomic E-state index is 0.458. The van der Waals surface area contributed by atoms with Crippen LogP contribution in [0.5, 0.6) is 11.6 Å². The second kappa shape index (κ2) is 6.90. The van der Waals surface area contributed by atoms with Gasteiger partial charge in [-0.1, -0.05) is 44.5 Å². The summed E-state index contributed by atoms with van der Waals surface area (Å²) in [7, 11) is 0. The number of benzene rings is 1. The van der Waals surface area contributed by atoms with Gasteiger partial charge in [-0.3, -0.25) is 0 Å². The van der Waals surface area contributed by atoms with Crippen molar-refractivity contribution in [3.63, 3.8) is 0 Å². The van der Waals surface area contributed by atoms with E-state index in [0.717, 1.165) is 30.0 Å². The minimum absolute atomic E-state index is 0.458. The second-order valence-electron chi connectivity index (χ2n) is 5.44. The maximum Gasteiger partial charge on any atom is 0.226 e. The van der Waals surface area contributed by atoms with Gasteiger partial charge in [0.1, 0.15) is 16.7 Å². The van der Waals surface area contributed by atoms with Crippen LogP contribution in [0.4, 0.5) is 0 Å². The molecule has 21 heavy (non-hydrogen) atoms. The standard InChI is InChI=1S/C17H21ClN2O/c1-5-7-15-19-16(18)12(4)17(20-15)21-14-9-6-8-13(10-14)11(2)3/h6,8-11H,5,7H2,1-4H3. The van der Waals surface area contributed by atoms with Crippen LogP contribution in [0.2, 0.25) is 5.15 Å². The molecule has 1 aromatic carbocycles. The Morgan fingerprint density at radius 1 is 1.24 bits per heavy atom. The Balaban J connectivity index is 2.32. The zero-order chi connectivity index (χ0) is 15.4. The summed E-state index contributed by atoms with van der Waals surface area (Å²) in [6.07, 6.45) is 1.77. The van der Waals surface area contributed by atoms with Crippen molar-refractivity contribution in [2.24, 2.45) is 0 Å². The quantitative estimate of drug-likeness (QED) is 0.702. The van der Waals surface area contributed by atoms with Crippen molar-refractivity contribution in [1.82, 2.24) is 9.97 Å². The van der Waals surface area contributed by atoms with Crippen molar-refractivity contribution in [2.75, 3.05) is 0 Å². The molecular formula is C17H21ClN2O. The van der Waals surface area contributed by atoms with Gasteiger partial charge in [-0.2, -0.15) is 4.98 Å². The molecule has 3 nitrogen and oxygen atoms in total. The molecule has 0 fully saturated rings. The molecule has 0 saturated carbocycles. The van der Waals surface area contributed by atoms with Gasteiger partial charge >= 0.3 is 0 Å². The van der Waals surface area contributed by atoms with Gasteiger partial charge in [0.2, 0.25) is 5.88 Å². The summed E-state index contributed by atoms with van der Waals surface area (Å²) in [6.45, 7) is 8.28. The molecule has 0 aliphatic rings. The molecule has 112 valence electrons. The molecule has 0 spiro atoms. The van der Waals surface area contributed by atoms with Crippen molar-refractivity contribution in [2.45, 2.75) is 46.5 Å². The van der Waals surface area contributed by atoms with Gasteiger partial charge in [0, 0.05) is 12.0 Å². The lowest BCUT2D eigenvalue weighted by Crippen LogP contribution is -2.01. The Labute approximate surface area is 131 Å². The summed E-state index contributed by atoms with van der Waals surface area (Å²) < 4.78 is 5.93. The highest BCUT2D eigenvalue weighted by Crippen LogP contribution is 2.29. The Bertz CT molecular complexity index is 626. The largest absolute Gasteiger partial charge is 0.439 e. The SMILES string of the molecule is CCCc1nc(Cl)c(C)c(Oc2cccc(C(C)C)c2)n1. The fraction of sp³-hybridized carbons (Fsp3) is 0.412. The lowest BCUT2D eigenvalue weighted by atomic mass is 10.0. The Morgan fingerprint density at radius 3 is 2.67 bits per heavy atom. The number of hydrogen-bond donors (Lipinski definition) is 0. The fourth-order valence-electron chi connectivity index (χ4n) is 2.00. The number of aryl methyl sites for hydroxylation is 1. The lowest BCUT2D eigenvalue weighted by molar-refractivity contribution is 0.453. The Hall–Kier alpha value is -1.61. The predicted molar refractivity (Wildman–Crippen MR) is 86.4 cm³/mol. The molecule has 0 radical (unpaired) electrons. The van der Waals surface area contributed by atoms with Crippen LogP contribution in [0.15, 0.2) is 24.3 Å². The van der Waals surface area contributed by atoms with Crippen molar-refractivity contribution < 1.29 is 4.74 Å². The third kappa shape index (κ3) is 3.94. The number of halogens is 1. The molecule has 2 rings (SSSR count). The van der Waals surface area contributed by atoms with E-state index in [-0.39, 0.29) is 0 Å². The number of rotatable bonds is 5. The average Bonchev–Trinajstić information content (AvgIpc) is 2.45. The van der Waals surface area contributed by atoms with Crippen LogP contribution in [-0.2, 0) is 6.42 Å². The summed E-state index contributed by atoms with van der Waals surface area (Å²) in [5.74, 6) is 2.50. The van der Waals surface area contributed by atoms with Gasteiger partial charge in [-0.15, -0.1) is 0 Å². The maximum atomic E-state index is 6.17. The van der Waals surface area contributed by atoms with Crippen molar-refractivity contribution in [1.29, 1.82) is 0 Å². The van der Waals surface area contributed by atoms with Gasteiger partial charge in [0.25, 0.3) is 0 Å². The highest BCUT2D eigenvalue weighted by molar-refractivity contribution is 6.30. The first-order valence-corrected chi connectivity index (χ1v) is 7.70. The third-order valence-corrected chi connectivity index (χ3v) is 3.67. The number of aromatic nitrogens is 2. The van der Waals surface area contributed by atoms with Crippen LogP contribution in [0.3, 0.4) is 0 Å². The second-order valence-corrected chi connectivity index (χ2v) is 5.80. The fourth-order valence-corrected chi connectivity index (χ4v) is 2.17. The zero-order valence-corrected chi connectivity index (χ0v) is 13.7. The van der Waals surface area contributed by atoms with E-state index in [1.165, 1.54) is 5.56 Å².